The molecular formula is C15H14Cl2FNO3S. The van der Waals surface area contributed by atoms with Crippen LogP contribution in [0.5, 0.6) is 5.75 Å². The maximum atomic E-state index is 12.7. The highest BCUT2D eigenvalue weighted by Gasteiger charge is 2.16. The van der Waals surface area contributed by atoms with Gasteiger partial charge in [-0.1, -0.05) is 29.3 Å². The Bertz CT molecular complexity index is 747. The first-order valence-electron chi connectivity index (χ1n) is 6.66. The maximum absolute atomic E-state index is 12.7. The van der Waals surface area contributed by atoms with Crippen molar-refractivity contribution in [3.63, 3.8) is 0 Å². The minimum Gasteiger partial charge on any atom is -0.492 e. The van der Waals surface area contributed by atoms with Gasteiger partial charge in [0.2, 0.25) is 10.0 Å². The highest BCUT2D eigenvalue weighted by Crippen LogP contribution is 2.25. The SMILES string of the molecule is O=S(=O)(Cc1c(Cl)cccc1Cl)NCCOc1ccc(F)cc1. The molecule has 0 aliphatic carbocycles. The molecule has 0 aromatic heterocycles. The third-order valence-electron chi connectivity index (χ3n) is 2.90. The van der Waals surface area contributed by atoms with Gasteiger partial charge in [0.15, 0.2) is 0 Å². The number of hydrogen-bond acceptors (Lipinski definition) is 3. The van der Waals surface area contributed by atoms with Gasteiger partial charge in [0.1, 0.15) is 18.2 Å². The van der Waals surface area contributed by atoms with Crippen molar-refractivity contribution in [1.82, 2.24) is 4.72 Å². The molecule has 0 fully saturated rings. The molecule has 2 aromatic carbocycles. The Morgan fingerprint density at radius 1 is 1.04 bits per heavy atom. The summed E-state index contributed by atoms with van der Waals surface area (Å²) < 4.78 is 44.5. The number of sulfonamides is 1. The monoisotopic (exact) mass is 377 g/mol. The number of benzene rings is 2. The quantitative estimate of drug-likeness (QED) is 0.749. The van der Waals surface area contributed by atoms with E-state index >= 15 is 0 Å². The van der Waals surface area contributed by atoms with Gasteiger partial charge in [0.25, 0.3) is 0 Å². The van der Waals surface area contributed by atoms with Gasteiger partial charge < -0.3 is 4.74 Å². The molecule has 23 heavy (non-hydrogen) atoms. The predicted molar refractivity (Wildman–Crippen MR) is 89.0 cm³/mol. The Morgan fingerprint density at radius 3 is 2.26 bits per heavy atom. The molecule has 0 saturated carbocycles. The molecule has 0 radical (unpaired) electrons. The van der Waals surface area contributed by atoms with E-state index in [1.54, 1.807) is 18.2 Å². The molecule has 2 aromatic rings. The molecule has 0 bridgehead atoms. The Morgan fingerprint density at radius 2 is 1.65 bits per heavy atom. The van der Waals surface area contributed by atoms with Gasteiger partial charge in [0.05, 0.1) is 5.75 Å². The van der Waals surface area contributed by atoms with Crippen molar-refractivity contribution in [1.29, 1.82) is 0 Å². The van der Waals surface area contributed by atoms with Gasteiger partial charge in [-0.2, -0.15) is 0 Å². The smallest absolute Gasteiger partial charge is 0.216 e. The van der Waals surface area contributed by atoms with Crippen LogP contribution in [0.25, 0.3) is 0 Å². The van der Waals surface area contributed by atoms with E-state index in [-0.39, 0.29) is 24.7 Å². The Balaban J connectivity index is 1.86. The van der Waals surface area contributed by atoms with E-state index in [1.165, 1.54) is 24.3 Å². The van der Waals surface area contributed by atoms with Gasteiger partial charge in [0, 0.05) is 22.2 Å². The second-order valence-corrected chi connectivity index (χ2v) is 7.28. The molecule has 0 aliphatic heterocycles. The third-order valence-corrected chi connectivity index (χ3v) is 4.92. The molecule has 0 heterocycles. The predicted octanol–water partition coefficient (Wildman–Crippen LogP) is 3.63. The summed E-state index contributed by atoms with van der Waals surface area (Å²) >= 11 is 11.9. The van der Waals surface area contributed by atoms with Crippen LogP contribution in [0.15, 0.2) is 42.5 Å². The fourth-order valence-electron chi connectivity index (χ4n) is 1.81. The van der Waals surface area contributed by atoms with Crippen molar-refractivity contribution in [3.05, 3.63) is 63.9 Å². The fourth-order valence-corrected chi connectivity index (χ4v) is 3.69. The summed E-state index contributed by atoms with van der Waals surface area (Å²) in [6.45, 7) is 0.183. The van der Waals surface area contributed by atoms with E-state index in [2.05, 4.69) is 4.72 Å². The fraction of sp³-hybridized carbons (Fsp3) is 0.200. The molecule has 0 saturated heterocycles. The molecule has 0 amide bonds. The third kappa shape index (κ3) is 5.66. The largest absolute Gasteiger partial charge is 0.492 e. The number of hydrogen-bond donors (Lipinski definition) is 1. The highest BCUT2D eigenvalue weighted by molar-refractivity contribution is 7.88. The second kappa shape index (κ2) is 7.97. The van der Waals surface area contributed by atoms with E-state index in [0.29, 0.717) is 21.4 Å². The molecule has 8 heteroatoms. The Kier molecular flexibility index (Phi) is 6.24. The van der Waals surface area contributed by atoms with Crippen molar-refractivity contribution in [2.45, 2.75) is 5.75 Å². The van der Waals surface area contributed by atoms with E-state index in [9.17, 15) is 12.8 Å². The van der Waals surface area contributed by atoms with Crippen LogP contribution in [0.1, 0.15) is 5.56 Å². The first kappa shape index (κ1) is 18.0. The van der Waals surface area contributed by atoms with E-state index in [4.69, 9.17) is 27.9 Å². The van der Waals surface area contributed by atoms with Crippen LogP contribution in [0.4, 0.5) is 4.39 Å². The van der Waals surface area contributed by atoms with Crippen molar-refractivity contribution in [2.24, 2.45) is 0 Å². The van der Waals surface area contributed by atoms with Gasteiger partial charge in [-0.05, 0) is 36.4 Å². The lowest BCUT2D eigenvalue weighted by molar-refractivity contribution is 0.322. The lowest BCUT2D eigenvalue weighted by Crippen LogP contribution is -2.29. The first-order chi connectivity index (χ1) is 10.9. The molecule has 0 spiro atoms. The Labute approximate surface area is 144 Å². The zero-order valence-corrected chi connectivity index (χ0v) is 14.3. The standard InChI is InChI=1S/C15H14Cl2FNO3S/c16-14-2-1-3-15(17)13(14)10-23(20,21)19-8-9-22-12-6-4-11(18)5-7-12/h1-7,19H,8-10H2. The first-order valence-corrected chi connectivity index (χ1v) is 9.07. The van der Waals surface area contributed by atoms with Crippen LogP contribution in [-0.4, -0.2) is 21.6 Å². The summed E-state index contributed by atoms with van der Waals surface area (Å²) in [6.07, 6.45) is 0. The van der Waals surface area contributed by atoms with E-state index in [0.717, 1.165) is 0 Å². The maximum Gasteiger partial charge on any atom is 0.216 e. The van der Waals surface area contributed by atoms with Crippen molar-refractivity contribution in [2.75, 3.05) is 13.2 Å². The summed E-state index contributed by atoms with van der Waals surface area (Å²) in [5.41, 5.74) is 0.350. The minimum absolute atomic E-state index is 0.0712. The number of rotatable bonds is 7. The van der Waals surface area contributed by atoms with E-state index in [1.807, 2.05) is 0 Å². The summed E-state index contributed by atoms with van der Waals surface area (Å²) in [6, 6.07) is 10.3. The summed E-state index contributed by atoms with van der Waals surface area (Å²) in [5.74, 6) is -0.225. The minimum atomic E-state index is -3.60. The topological polar surface area (TPSA) is 55.4 Å². The number of halogens is 3. The molecular weight excluding hydrogens is 364 g/mol. The normalized spacial score (nSPS) is 11.4. The average Bonchev–Trinajstić information content (AvgIpc) is 2.49. The van der Waals surface area contributed by atoms with Crippen molar-refractivity contribution in [3.8, 4) is 5.75 Å². The van der Waals surface area contributed by atoms with Gasteiger partial charge >= 0.3 is 0 Å². The van der Waals surface area contributed by atoms with Gasteiger partial charge in [-0.25, -0.2) is 17.5 Å². The van der Waals surface area contributed by atoms with Crippen LogP contribution >= 0.6 is 23.2 Å². The van der Waals surface area contributed by atoms with Crippen molar-refractivity contribution >= 4 is 33.2 Å². The van der Waals surface area contributed by atoms with E-state index < -0.39 is 10.0 Å². The average molecular weight is 378 g/mol. The van der Waals surface area contributed by atoms with Gasteiger partial charge in [-0.3, -0.25) is 0 Å². The van der Waals surface area contributed by atoms with Crippen LogP contribution in [0, 0.1) is 5.82 Å². The van der Waals surface area contributed by atoms with Crippen molar-refractivity contribution < 1.29 is 17.5 Å². The number of nitrogens with one attached hydrogen (secondary N) is 1. The van der Waals surface area contributed by atoms with Crippen LogP contribution in [0.2, 0.25) is 10.0 Å². The lowest BCUT2D eigenvalue weighted by Gasteiger charge is -2.10. The van der Waals surface area contributed by atoms with Crippen LogP contribution < -0.4 is 9.46 Å². The highest BCUT2D eigenvalue weighted by atomic mass is 35.5. The summed E-state index contributed by atoms with van der Waals surface area (Å²) in [4.78, 5) is 0. The molecule has 2 rings (SSSR count). The molecule has 4 nitrogen and oxygen atoms in total. The summed E-state index contributed by atoms with van der Waals surface area (Å²) in [7, 11) is -3.60. The Hall–Kier alpha value is -1.34. The van der Waals surface area contributed by atoms with Crippen LogP contribution in [-0.2, 0) is 15.8 Å². The second-order valence-electron chi connectivity index (χ2n) is 4.66. The molecule has 1 N–H and O–H groups in total. The zero-order chi connectivity index (χ0) is 16.9. The molecule has 0 unspecified atom stereocenters. The summed E-state index contributed by atoms with van der Waals surface area (Å²) in [5, 5.41) is 0.593. The van der Waals surface area contributed by atoms with Crippen LogP contribution in [0.3, 0.4) is 0 Å². The molecule has 0 atom stereocenters. The molecule has 0 aliphatic rings. The zero-order valence-electron chi connectivity index (χ0n) is 11.9. The molecule has 124 valence electrons. The van der Waals surface area contributed by atoms with Gasteiger partial charge in [-0.15, -0.1) is 0 Å². The lowest BCUT2D eigenvalue weighted by atomic mass is 10.2. The number of ether oxygens (including phenoxy) is 1.